The molecule has 0 spiro atoms. The van der Waals surface area contributed by atoms with Gasteiger partial charge < -0.3 is 14.6 Å². The molecule has 1 unspecified atom stereocenters. The summed E-state index contributed by atoms with van der Waals surface area (Å²) in [6.07, 6.45) is 1.44. The lowest BCUT2D eigenvalue weighted by atomic mass is 10.1. The molecule has 1 aliphatic carbocycles. The van der Waals surface area contributed by atoms with E-state index in [0.29, 0.717) is 26.1 Å². The van der Waals surface area contributed by atoms with Gasteiger partial charge in [-0.2, -0.15) is 0 Å². The number of ether oxygens (including phenoxy) is 2. The second-order valence-corrected chi connectivity index (χ2v) is 7.22. The van der Waals surface area contributed by atoms with E-state index in [-0.39, 0.29) is 18.3 Å². The monoisotopic (exact) mass is 381 g/mol. The number of carboxylic acids is 1. The van der Waals surface area contributed by atoms with Crippen molar-refractivity contribution < 1.29 is 24.2 Å². The maximum atomic E-state index is 11.7. The highest BCUT2D eigenvalue weighted by molar-refractivity contribution is 6.00. The molecule has 6 nitrogen and oxygen atoms in total. The minimum absolute atomic E-state index is 0.0670. The number of nitrogens with zero attached hydrogens (tertiary/aromatic N) is 1. The Morgan fingerprint density at radius 1 is 1.14 bits per heavy atom. The molecule has 1 fully saturated rings. The van der Waals surface area contributed by atoms with Crippen molar-refractivity contribution >= 4 is 11.8 Å². The minimum atomic E-state index is -0.777. The van der Waals surface area contributed by atoms with E-state index in [0.717, 1.165) is 41.2 Å². The molecule has 0 amide bonds. The number of morpholine rings is 1. The zero-order valence-electron chi connectivity index (χ0n) is 15.6. The van der Waals surface area contributed by atoms with Crippen molar-refractivity contribution in [3.8, 4) is 11.5 Å². The Morgan fingerprint density at radius 2 is 1.93 bits per heavy atom. The number of aliphatic carboxylic acids is 1. The van der Waals surface area contributed by atoms with Crippen LogP contribution in [0.5, 0.6) is 11.5 Å². The molecular formula is C22H23NO5. The largest absolute Gasteiger partial charge is 0.481 e. The molecule has 0 aromatic heterocycles. The topological polar surface area (TPSA) is 76.1 Å². The number of Topliss-reactive ketones (excluding diaryl/α,β-unsaturated/α-hetero) is 1. The van der Waals surface area contributed by atoms with E-state index in [9.17, 15) is 9.59 Å². The number of aryl methyl sites for hydroxylation is 1. The molecule has 28 heavy (non-hydrogen) atoms. The third kappa shape index (κ3) is 4.24. The van der Waals surface area contributed by atoms with Crippen LogP contribution in [0.15, 0.2) is 42.5 Å². The van der Waals surface area contributed by atoms with Crippen LogP contribution in [0.3, 0.4) is 0 Å². The van der Waals surface area contributed by atoms with Crippen LogP contribution in [-0.2, 0) is 16.0 Å². The Kier molecular flexibility index (Phi) is 5.41. The molecule has 1 N–H and O–H groups in total. The van der Waals surface area contributed by atoms with Gasteiger partial charge in [0.05, 0.1) is 19.1 Å². The molecule has 0 bridgehead atoms. The van der Waals surface area contributed by atoms with Crippen molar-refractivity contribution in [1.82, 2.24) is 4.90 Å². The van der Waals surface area contributed by atoms with Crippen LogP contribution in [0.2, 0.25) is 0 Å². The second-order valence-electron chi connectivity index (χ2n) is 7.22. The molecule has 4 rings (SSSR count). The third-order valence-corrected chi connectivity index (χ3v) is 5.28. The number of benzene rings is 2. The first-order valence-corrected chi connectivity index (χ1v) is 9.58. The van der Waals surface area contributed by atoms with Crippen molar-refractivity contribution in [1.29, 1.82) is 0 Å². The quantitative estimate of drug-likeness (QED) is 0.826. The Balaban J connectivity index is 1.38. The molecule has 1 heterocycles. The van der Waals surface area contributed by atoms with Gasteiger partial charge >= 0.3 is 5.97 Å². The summed E-state index contributed by atoms with van der Waals surface area (Å²) in [5, 5.41) is 8.85. The lowest BCUT2D eigenvalue weighted by molar-refractivity contribution is -0.137. The Hall–Kier alpha value is -2.70. The van der Waals surface area contributed by atoms with E-state index in [1.54, 1.807) is 0 Å². The molecule has 0 saturated carbocycles. The molecule has 146 valence electrons. The molecular weight excluding hydrogens is 358 g/mol. The summed E-state index contributed by atoms with van der Waals surface area (Å²) < 4.78 is 11.8. The smallest absolute Gasteiger partial charge is 0.304 e. The molecule has 6 heteroatoms. The summed E-state index contributed by atoms with van der Waals surface area (Å²) in [6, 6.07) is 13.4. The van der Waals surface area contributed by atoms with Gasteiger partial charge in [0.15, 0.2) is 5.78 Å². The van der Waals surface area contributed by atoms with Crippen LogP contribution in [0.1, 0.15) is 40.4 Å². The van der Waals surface area contributed by atoms with E-state index >= 15 is 0 Å². The summed E-state index contributed by atoms with van der Waals surface area (Å²) in [5.74, 6) is 0.887. The summed E-state index contributed by atoms with van der Waals surface area (Å²) >= 11 is 0. The number of carbonyl (C=O) groups is 2. The predicted octanol–water partition coefficient (Wildman–Crippen LogP) is 3.46. The van der Waals surface area contributed by atoms with Crippen molar-refractivity contribution in [3.05, 3.63) is 59.2 Å². The van der Waals surface area contributed by atoms with Crippen LogP contribution in [0.4, 0.5) is 0 Å². The number of rotatable bonds is 6. The Morgan fingerprint density at radius 3 is 2.71 bits per heavy atom. The van der Waals surface area contributed by atoms with E-state index in [1.165, 1.54) is 0 Å². The van der Waals surface area contributed by atoms with Crippen molar-refractivity contribution in [2.45, 2.75) is 25.4 Å². The molecule has 2 aromatic rings. The second kappa shape index (κ2) is 8.12. The zero-order valence-corrected chi connectivity index (χ0v) is 15.6. The van der Waals surface area contributed by atoms with Gasteiger partial charge in [0.2, 0.25) is 0 Å². The number of carbonyl (C=O) groups excluding carboxylic acids is 1. The van der Waals surface area contributed by atoms with Crippen LogP contribution in [0, 0.1) is 0 Å². The highest BCUT2D eigenvalue weighted by Crippen LogP contribution is 2.30. The molecule has 1 atom stereocenters. The molecule has 2 aromatic carbocycles. The summed E-state index contributed by atoms with van der Waals surface area (Å²) in [5.41, 5.74) is 2.91. The van der Waals surface area contributed by atoms with Gasteiger partial charge in [-0.1, -0.05) is 12.1 Å². The van der Waals surface area contributed by atoms with Crippen LogP contribution < -0.4 is 4.74 Å². The summed E-state index contributed by atoms with van der Waals surface area (Å²) in [7, 11) is 0. The van der Waals surface area contributed by atoms with Crippen molar-refractivity contribution in [2.75, 3.05) is 26.2 Å². The standard InChI is InChI=1S/C22H23NO5/c24-20-8-3-16-13-18(6-7-19(16)20)28-17-4-1-15(2-5-17)21-14-23(11-12-27-21)10-9-22(25)26/h1-2,4-7,13,21H,3,8-12,14H2,(H,25,26). The lowest BCUT2D eigenvalue weighted by Gasteiger charge is -2.32. The van der Waals surface area contributed by atoms with Gasteiger partial charge in [-0.25, -0.2) is 0 Å². The van der Waals surface area contributed by atoms with Gasteiger partial charge in [-0.05, 0) is 47.9 Å². The Labute approximate surface area is 163 Å². The lowest BCUT2D eigenvalue weighted by Crippen LogP contribution is -2.39. The Bertz CT molecular complexity index is 877. The maximum absolute atomic E-state index is 11.7. The number of hydrogen-bond donors (Lipinski definition) is 1. The molecule has 0 radical (unpaired) electrons. The number of hydrogen-bond acceptors (Lipinski definition) is 5. The van der Waals surface area contributed by atoms with Gasteiger partial charge in [-0.15, -0.1) is 0 Å². The minimum Gasteiger partial charge on any atom is -0.481 e. The first kappa shape index (κ1) is 18.7. The number of fused-ring (bicyclic) bond motifs is 1. The van der Waals surface area contributed by atoms with Gasteiger partial charge in [-0.3, -0.25) is 14.5 Å². The fourth-order valence-corrected chi connectivity index (χ4v) is 3.74. The van der Waals surface area contributed by atoms with E-state index < -0.39 is 5.97 Å². The highest BCUT2D eigenvalue weighted by atomic mass is 16.5. The number of ketones is 1. The van der Waals surface area contributed by atoms with Gasteiger partial charge in [0.1, 0.15) is 11.5 Å². The highest BCUT2D eigenvalue weighted by Gasteiger charge is 2.22. The average Bonchev–Trinajstić information content (AvgIpc) is 3.07. The van der Waals surface area contributed by atoms with E-state index in [2.05, 4.69) is 4.90 Å². The van der Waals surface area contributed by atoms with Crippen LogP contribution in [-0.4, -0.2) is 48.0 Å². The zero-order chi connectivity index (χ0) is 19.5. The predicted molar refractivity (Wildman–Crippen MR) is 103 cm³/mol. The fraction of sp³-hybridized carbons (Fsp3) is 0.364. The first-order valence-electron chi connectivity index (χ1n) is 9.58. The average molecular weight is 381 g/mol. The van der Waals surface area contributed by atoms with Crippen LogP contribution >= 0.6 is 0 Å². The molecule has 1 saturated heterocycles. The van der Waals surface area contributed by atoms with Gasteiger partial charge in [0.25, 0.3) is 0 Å². The SMILES string of the molecule is O=C(O)CCN1CCOC(c2ccc(Oc3ccc4c(c3)CCC4=O)cc2)C1. The summed E-state index contributed by atoms with van der Waals surface area (Å²) in [4.78, 5) is 24.6. The fourth-order valence-electron chi connectivity index (χ4n) is 3.74. The summed E-state index contributed by atoms with van der Waals surface area (Å²) in [6.45, 7) is 2.58. The van der Waals surface area contributed by atoms with E-state index in [1.807, 2.05) is 42.5 Å². The third-order valence-electron chi connectivity index (χ3n) is 5.28. The molecule has 2 aliphatic rings. The van der Waals surface area contributed by atoms with Crippen molar-refractivity contribution in [3.63, 3.8) is 0 Å². The first-order chi connectivity index (χ1) is 13.6. The van der Waals surface area contributed by atoms with E-state index in [4.69, 9.17) is 14.6 Å². The van der Waals surface area contributed by atoms with Gasteiger partial charge in [0, 0.05) is 31.6 Å². The molecule has 1 aliphatic heterocycles. The maximum Gasteiger partial charge on any atom is 0.304 e. The normalized spacial score (nSPS) is 19.4. The number of carboxylic acid groups (broad SMARTS) is 1. The van der Waals surface area contributed by atoms with Crippen LogP contribution in [0.25, 0.3) is 0 Å². The van der Waals surface area contributed by atoms with Crippen molar-refractivity contribution in [2.24, 2.45) is 0 Å².